The fourth-order valence-electron chi connectivity index (χ4n) is 3.01. The van der Waals surface area contributed by atoms with Crippen LogP contribution in [0.2, 0.25) is 0 Å². The quantitative estimate of drug-likeness (QED) is 0.557. The molecule has 0 saturated carbocycles. The van der Waals surface area contributed by atoms with Crippen molar-refractivity contribution in [3.63, 3.8) is 0 Å². The molecule has 2 N–H and O–H groups in total. The highest BCUT2D eigenvalue weighted by molar-refractivity contribution is 6.00. The molecule has 0 fully saturated rings. The molecule has 10 heteroatoms. The van der Waals surface area contributed by atoms with E-state index in [1.807, 2.05) is 0 Å². The Balaban J connectivity index is 1.92. The van der Waals surface area contributed by atoms with Crippen LogP contribution in [0.15, 0.2) is 35.3 Å². The number of pyridine rings is 2. The Hall–Kier alpha value is -3.82. The maximum absolute atomic E-state index is 14.3. The van der Waals surface area contributed by atoms with E-state index >= 15 is 0 Å². The molecular weight excluding hydrogens is 374 g/mol. The second kappa shape index (κ2) is 6.41. The van der Waals surface area contributed by atoms with Gasteiger partial charge in [-0.05, 0) is 18.2 Å². The topological polar surface area (TPSA) is 110 Å². The first-order valence-corrected chi connectivity index (χ1v) is 8.02. The van der Waals surface area contributed by atoms with Crippen molar-refractivity contribution in [2.24, 2.45) is 0 Å². The van der Waals surface area contributed by atoms with E-state index < -0.39 is 41.0 Å². The van der Waals surface area contributed by atoms with Crippen LogP contribution in [-0.2, 0) is 6.54 Å². The van der Waals surface area contributed by atoms with Crippen molar-refractivity contribution in [3.05, 3.63) is 63.7 Å². The van der Waals surface area contributed by atoms with Gasteiger partial charge in [0.1, 0.15) is 11.6 Å². The molecule has 8 nitrogen and oxygen atoms in total. The molecule has 0 unspecified atom stereocenters. The number of rotatable bonds is 4. The first-order chi connectivity index (χ1) is 13.4. The van der Waals surface area contributed by atoms with Crippen LogP contribution in [0.4, 0.5) is 8.78 Å². The molecule has 0 amide bonds. The minimum Gasteiger partial charge on any atom is -0.481 e. The largest absolute Gasteiger partial charge is 0.481 e. The van der Waals surface area contributed by atoms with Crippen molar-refractivity contribution < 1.29 is 23.4 Å². The summed E-state index contributed by atoms with van der Waals surface area (Å²) < 4.78 is 34.9. The maximum atomic E-state index is 14.3. The van der Waals surface area contributed by atoms with Crippen LogP contribution >= 0.6 is 0 Å². The second-order valence-corrected chi connectivity index (χ2v) is 5.99. The number of aromatic amines is 1. The summed E-state index contributed by atoms with van der Waals surface area (Å²) in [5.41, 5.74) is -0.517. The Morgan fingerprint density at radius 2 is 2.00 bits per heavy atom. The second-order valence-electron chi connectivity index (χ2n) is 5.99. The summed E-state index contributed by atoms with van der Waals surface area (Å²) in [7, 11) is 1.45. The Morgan fingerprint density at radius 3 is 2.64 bits per heavy atom. The maximum Gasteiger partial charge on any atom is 0.335 e. The number of H-pyrrole nitrogens is 1. The predicted molar refractivity (Wildman–Crippen MR) is 94.6 cm³/mol. The molecule has 0 saturated heterocycles. The summed E-state index contributed by atoms with van der Waals surface area (Å²) in [5, 5.41) is 9.40. The minimum absolute atomic E-state index is 0.293. The highest BCUT2D eigenvalue weighted by Gasteiger charge is 2.19. The zero-order valence-corrected chi connectivity index (χ0v) is 14.4. The first-order valence-electron chi connectivity index (χ1n) is 8.02. The van der Waals surface area contributed by atoms with Gasteiger partial charge < -0.3 is 14.8 Å². The standard InChI is InChI=1S/C18H12F2N4O4/c1-28-14-3-2-9-15-13(6-21-16(9)23-14)22-18(27)24(15)7-10-11(19)4-8(17(25)26)5-12(10)20/h2-6H,7H2,1H3,(H,22,27)(H,25,26). The van der Waals surface area contributed by atoms with Crippen molar-refractivity contribution >= 4 is 28.0 Å². The molecule has 1 aromatic carbocycles. The zero-order chi connectivity index (χ0) is 20.0. The molecule has 0 radical (unpaired) electrons. The van der Waals surface area contributed by atoms with Gasteiger partial charge in [-0.1, -0.05) is 0 Å². The first kappa shape index (κ1) is 17.6. The molecule has 0 aliphatic heterocycles. The van der Waals surface area contributed by atoms with Crippen molar-refractivity contribution in [1.29, 1.82) is 0 Å². The Bertz CT molecular complexity index is 1290. The molecule has 0 aliphatic carbocycles. The predicted octanol–water partition coefficient (Wildman–Crippen LogP) is 2.31. The molecule has 3 heterocycles. The number of imidazole rings is 1. The third kappa shape index (κ3) is 2.75. The van der Waals surface area contributed by atoms with E-state index in [9.17, 15) is 18.4 Å². The number of nitrogens with one attached hydrogen (secondary N) is 1. The number of carboxylic acid groups (broad SMARTS) is 1. The van der Waals surface area contributed by atoms with Crippen LogP contribution in [0, 0.1) is 11.6 Å². The molecule has 3 aromatic heterocycles. The summed E-state index contributed by atoms with van der Waals surface area (Å²) in [6.07, 6.45) is 1.39. The Labute approximate surface area is 155 Å². The van der Waals surface area contributed by atoms with Crippen molar-refractivity contribution in [2.45, 2.75) is 6.54 Å². The number of methoxy groups -OCH3 is 1. The third-order valence-corrected chi connectivity index (χ3v) is 4.35. The lowest BCUT2D eigenvalue weighted by molar-refractivity contribution is 0.0695. The molecule has 0 bridgehead atoms. The molecule has 0 spiro atoms. The fraction of sp³-hybridized carbons (Fsp3) is 0.111. The van der Waals surface area contributed by atoms with Crippen LogP contribution < -0.4 is 10.4 Å². The molecule has 0 aliphatic rings. The van der Waals surface area contributed by atoms with Gasteiger partial charge in [0.25, 0.3) is 0 Å². The number of benzene rings is 1. The normalized spacial score (nSPS) is 11.2. The van der Waals surface area contributed by atoms with E-state index in [-0.39, 0.29) is 0 Å². The van der Waals surface area contributed by atoms with Gasteiger partial charge in [-0.2, -0.15) is 4.98 Å². The van der Waals surface area contributed by atoms with Gasteiger partial charge in [-0.25, -0.2) is 23.4 Å². The van der Waals surface area contributed by atoms with E-state index in [0.717, 1.165) is 4.57 Å². The summed E-state index contributed by atoms with van der Waals surface area (Å²) in [6, 6.07) is 4.65. The van der Waals surface area contributed by atoms with E-state index in [1.54, 1.807) is 12.1 Å². The number of aromatic carboxylic acids is 1. The summed E-state index contributed by atoms with van der Waals surface area (Å²) in [5.74, 6) is -3.25. The number of halogens is 2. The minimum atomic E-state index is -1.45. The van der Waals surface area contributed by atoms with Crippen LogP contribution in [0.5, 0.6) is 5.88 Å². The summed E-state index contributed by atoms with van der Waals surface area (Å²) >= 11 is 0. The van der Waals surface area contributed by atoms with Gasteiger partial charge in [-0.3, -0.25) is 4.57 Å². The van der Waals surface area contributed by atoms with Crippen LogP contribution in [0.25, 0.3) is 22.1 Å². The summed E-state index contributed by atoms with van der Waals surface area (Å²) in [6.45, 7) is -0.443. The highest BCUT2D eigenvalue weighted by Crippen LogP contribution is 2.24. The third-order valence-electron chi connectivity index (χ3n) is 4.35. The van der Waals surface area contributed by atoms with E-state index in [0.29, 0.717) is 40.1 Å². The van der Waals surface area contributed by atoms with Gasteiger partial charge in [0.2, 0.25) is 5.88 Å². The van der Waals surface area contributed by atoms with E-state index in [4.69, 9.17) is 9.84 Å². The number of fused-ring (bicyclic) bond motifs is 3. The lowest BCUT2D eigenvalue weighted by Crippen LogP contribution is -2.19. The van der Waals surface area contributed by atoms with Crippen molar-refractivity contribution in [3.8, 4) is 5.88 Å². The monoisotopic (exact) mass is 386 g/mol. The number of nitrogens with zero attached hydrogens (tertiary/aromatic N) is 3. The number of aromatic nitrogens is 4. The highest BCUT2D eigenvalue weighted by atomic mass is 19.1. The molecular formula is C18H12F2N4O4. The Kier molecular flexibility index (Phi) is 4.03. The molecule has 28 heavy (non-hydrogen) atoms. The van der Waals surface area contributed by atoms with E-state index in [2.05, 4.69) is 15.0 Å². The smallest absolute Gasteiger partial charge is 0.335 e. The fourth-order valence-corrected chi connectivity index (χ4v) is 3.01. The van der Waals surface area contributed by atoms with Gasteiger partial charge in [0, 0.05) is 17.0 Å². The Morgan fingerprint density at radius 1 is 1.29 bits per heavy atom. The van der Waals surface area contributed by atoms with Crippen molar-refractivity contribution in [2.75, 3.05) is 7.11 Å². The molecule has 4 aromatic rings. The average Bonchev–Trinajstić information content (AvgIpc) is 2.99. The lowest BCUT2D eigenvalue weighted by atomic mass is 10.1. The molecule has 4 rings (SSSR count). The van der Waals surface area contributed by atoms with Crippen molar-refractivity contribution in [1.82, 2.24) is 19.5 Å². The number of carbonyl (C=O) groups is 1. The SMILES string of the molecule is COc1ccc2c(ncc3[nH]c(=O)n(Cc4c(F)cc(C(=O)O)cc4F)c32)n1. The van der Waals surface area contributed by atoms with Gasteiger partial charge in [0.15, 0.2) is 5.65 Å². The van der Waals surface area contributed by atoms with Crippen LogP contribution in [-0.4, -0.2) is 37.7 Å². The molecule has 0 atom stereocenters. The molecule has 142 valence electrons. The number of hydrogen-bond acceptors (Lipinski definition) is 5. The van der Waals surface area contributed by atoms with Crippen LogP contribution in [0.3, 0.4) is 0 Å². The number of ether oxygens (including phenoxy) is 1. The van der Waals surface area contributed by atoms with Gasteiger partial charge in [0.05, 0.1) is 36.4 Å². The summed E-state index contributed by atoms with van der Waals surface area (Å²) in [4.78, 5) is 34.3. The number of hydrogen-bond donors (Lipinski definition) is 2. The number of carboxylic acids is 1. The van der Waals surface area contributed by atoms with E-state index in [1.165, 1.54) is 13.3 Å². The van der Waals surface area contributed by atoms with Gasteiger partial charge in [-0.15, -0.1) is 0 Å². The lowest BCUT2D eigenvalue weighted by Gasteiger charge is -2.09. The van der Waals surface area contributed by atoms with Crippen LogP contribution in [0.1, 0.15) is 15.9 Å². The average molecular weight is 386 g/mol. The van der Waals surface area contributed by atoms with Gasteiger partial charge >= 0.3 is 11.7 Å². The zero-order valence-electron chi connectivity index (χ0n) is 14.4.